The van der Waals surface area contributed by atoms with Crippen LogP contribution in [0, 0.1) is 6.92 Å². The Morgan fingerprint density at radius 3 is 2.81 bits per heavy atom. The molecule has 0 aliphatic rings. The molecule has 0 heterocycles. The van der Waals surface area contributed by atoms with Crippen molar-refractivity contribution in [3.8, 4) is 0 Å². The molecule has 116 valence electrons. The highest BCUT2D eigenvalue weighted by molar-refractivity contribution is 9.10. The number of esters is 1. The number of methoxy groups -OCH3 is 1. The maximum Gasteiger partial charge on any atom is 0.322 e. The number of hydrogen-bond acceptors (Lipinski definition) is 5. The number of aryl methyl sites for hydroxylation is 1. The molecule has 1 aromatic rings. The largest absolute Gasteiger partial charge is 0.468 e. The van der Waals surface area contributed by atoms with Gasteiger partial charge in [-0.15, -0.1) is 0 Å². The third-order valence-corrected chi connectivity index (χ3v) is 4.63. The van der Waals surface area contributed by atoms with E-state index in [2.05, 4.69) is 26.0 Å². The van der Waals surface area contributed by atoms with E-state index in [1.54, 1.807) is 0 Å². The highest BCUT2D eigenvalue weighted by atomic mass is 79.9. The van der Waals surface area contributed by atoms with E-state index < -0.39 is 12.0 Å². The number of carbonyl (C=O) groups is 2. The van der Waals surface area contributed by atoms with Gasteiger partial charge in [-0.1, -0.05) is 15.9 Å². The highest BCUT2D eigenvalue weighted by Crippen LogP contribution is 2.20. The predicted octanol–water partition coefficient (Wildman–Crippen LogP) is 2.32. The summed E-state index contributed by atoms with van der Waals surface area (Å²) in [4.78, 5) is 22.9. The number of ether oxygens (including phenoxy) is 1. The summed E-state index contributed by atoms with van der Waals surface area (Å²) in [6, 6.07) is 5.01. The van der Waals surface area contributed by atoms with Gasteiger partial charge in [-0.05, 0) is 42.9 Å². The van der Waals surface area contributed by atoms with E-state index in [-0.39, 0.29) is 5.91 Å². The zero-order chi connectivity index (χ0) is 15.8. The van der Waals surface area contributed by atoms with Crippen molar-refractivity contribution in [1.82, 2.24) is 0 Å². The van der Waals surface area contributed by atoms with Crippen molar-refractivity contribution >= 4 is 45.3 Å². The first-order valence-electron chi connectivity index (χ1n) is 6.41. The molecule has 7 heteroatoms. The third-order valence-electron chi connectivity index (χ3n) is 2.75. The van der Waals surface area contributed by atoms with E-state index in [4.69, 9.17) is 5.73 Å². The molecule has 0 fully saturated rings. The fourth-order valence-corrected chi connectivity index (χ4v) is 2.63. The van der Waals surface area contributed by atoms with Crippen LogP contribution in [0.1, 0.15) is 12.0 Å². The number of halogens is 1. The second kappa shape index (κ2) is 9.07. The second-order valence-corrected chi connectivity index (χ2v) is 6.44. The molecular formula is C14H19BrN2O3S. The lowest BCUT2D eigenvalue weighted by atomic mass is 10.2. The smallest absolute Gasteiger partial charge is 0.322 e. The van der Waals surface area contributed by atoms with Crippen molar-refractivity contribution in [2.75, 3.05) is 23.9 Å². The Morgan fingerprint density at radius 2 is 2.19 bits per heavy atom. The Kier molecular flexibility index (Phi) is 7.77. The number of hydrogen-bond donors (Lipinski definition) is 2. The predicted molar refractivity (Wildman–Crippen MR) is 89.4 cm³/mol. The lowest BCUT2D eigenvalue weighted by Crippen LogP contribution is -2.32. The topological polar surface area (TPSA) is 81.4 Å². The molecule has 1 atom stereocenters. The molecule has 1 amide bonds. The number of nitrogens with one attached hydrogen (secondary N) is 1. The number of nitrogens with two attached hydrogens (primary N) is 1. The van der Waals surface area contributed by atoms with Crippen LogP contribution >= 0.6 is 27.7 Å². The fourth-order valence-electron chi connectivity index (χ4n) is 1.56. The van der Waals surface area contributed by atoms with Crippen LogP contribution in [0.25, 0.3) is 0 Å². The third kappa shape index (κ3) is 6.50. The SMILES string of the molecule is COC(=O)C(N)CCSCC(=O)Nc1ccc(Br)c(C)c1. The van der Waals surface area contributed by atoms with E-state index in [1.165, 1.54) is 18.9 Å². The summed E-state index contributed by atoms with van der Waals surface area (Å²) in [5.74, 6) is 0.449. The summed E-state index contributed by atoms with van der Waals surface area (Å²) < 4.78 is 5.54. The van der Waals surface area contributed by atoms with Crippen molar-refractivity contribution in [3.63, 3.8) is 0 Å². The van der Waals surface area contributed by atoms with Gasteiger partial charge in [0.05, 0.1) is 12.9 Å². The molecule has 21 heavy (non-hydrogen) atoms. The number of amides is 1. The van der Waals surface area contributed by atoms with Gasteiger partial charge in [0.15, 0.2) is 0 Å². The van der Waals surface area contributed by atoms with Gasteiger partial charge in [-0.2, -0.15) is 11.8 Å². The average Bonchev–Trinajstić information content (AvgIpc) is 2.46. The minimum absolute atomic E-state index is 0.0756. The maximum atomic E-state index is 11.8. The summed E-state index contributed by atoms with van der Waals surface area (Å²) in [5.41, 5.74) is 7.44. The number of anilines is 1. The fraction of sp³-hybridized carbons (Fsp3) is 0.429. The van der Waals surface area contributed by atoms with Gasteiger partial charge in [0.1, 0.15) is 6.04 Å². The Labute approximate surface area is 137 Å². The first-order chi connectivity index (χ1) is 9.93. The molecule has 1 rings (SSSR count). The lowest BCUT2D eigenvalue weighted by molar-refractivity contribution is -0.142. The highest BCUT2D eigenvalue weighted by Gasteiger charge is 2.13. The Morgan fingerprint density at radius 1 is 1.48 bits per heavy atom. The minimum Gasteiger partial charge on any atom is -0.468 e. The molecule has 0 bridgehead atoms. The van der Waals surface area contributed by atoms with E-state index >= 15 is 0 Å². The summed E-state index contributed by atoms with van der Waals surface area (Å²) in [6.45, 7) is 1.96. The molecule has 0 spiro atoms. The van der Waals surface area contributed by atoms with Crippen LogP contribution in [0.15, 0.2) is 22.7 Å². The quantitative estimate of drug-likeness (QED) is 0.565. The summed E-state index contributed by atoms with van der Waals surface area (Å²) >= 11 is 4.85. The number of carbonyl (C=O) groups excluding carboxylic acids is 2. The van der Waals surface area contributed by atoms with Crippen LogP contribution in [0.4, 0.5) is 5.69 Å². The van der Waals surface area contributed by atoms with Gasteiger partial charge in [-0.3, -0.25) is 9.59 Å². The molecule has 0 aliphatic carbocycles. The van der Waals surface area contributed by atoms with Gasteiger partial charge in [0, 0.05) is 10.2 Å². The van der Waals surface area contributed by atoms with Crippen LogP contribution in [-0.2, 0) is 14.3 Å². The molecule has 3 N–H and O–H groups in total. The standard InChI is InChI=1S/C14H19BrN2O3S/c1-9-7-10(3-4-11(9)15)17-13(18)8-21-6-5-12(16)14(19)20-2/h3-4,7,12H,5-6,8,16H2,1-2H3,(H,17,18). The van der Waals surface area contributed by atoms with E-state index in [9.17, 15) is 9.59 Å². The molecule has 0 saturated carbocycles. The minimum atomic E-state index is -0.625. The van der Waals surface area contributed by atoms with Crippen molar-refractivity contribution in [1.29, 1.82) is 0 Å². The van der Waals surface area contributed by atoms with Crippen LogP contribution in [-0.4, -0.2) is 36.5 Å². The average molecular weight is 375 g/mol. The molecule has 1 aromatic carbocycles. The van der Waals surface area contributed by atoms with Crippen molar-refractivity contribution in [2.24, 2.45) is 5.73 Å². The van der Waals surface area contributed by atoms with E-state index in [0.29, 0.717) is 17.9 Å². The van der Waals surface area contributed by atoms with Gasteiger partial charge in [-0.25, -0.2) is 0 Å². The van der Waals surface area contributed by atoms with Gasteiger partial charge in [0.2, 0.25) is 5.91 Å². The Balaban J connectivity index is 2.28. The van der Waals surface area contributed by atoms with Crippen LogP contribution in [0.2, 0.25) is 0 Å². The van der Waals surface area contributed by atoms with Crippen LogP contribution in [0.5, 0.6) is 0 Å². The maximum absolute atomic E-state index is 11.8. The normalized spacial score (nSPS) is 11.8. The van der Waals surface area contributed by atoms with Gasteiger partial charge in [0.25, 0.3) is 0 Å². The number of benzene rings is 1. The van der Waals surface area contributed by atoms with E-state index in [1.807, 2.05) is 25.1 Å². The number of thioether (sulfide) groups is 1. The molecule has 0 aromatic heterocycles. The van der Waals surface area contributed by atoms with Crippen LogP contribution < -0.4 is 11.1 Å². The Hall–Kier alpha value is -1.05. The first kappa shape index (κ1) is 18.0. The van der Waals surface area contributed by atoms with Crippen LogP contribution in [0.3, 0.4) is 0 Å². The lowest BCUT2D eigenvalue weighted by Gasteiger charge is -2.09. The second-order valence-electron chi connectivity index (χ2n) is 4.48. The molecule has 0 radical (unpaired) electrons. The molecular weight excluding hydrogens is 356 g/mol. The van der Waals surface area contributed by atoms with Gasteiger partial charge >= 0.3 is 5.97 Å². The molecule has 0 aliphatic heterocycles. The summed E-state index contributed by atoms with van der Waals surface area (Å²) in [5, 5.41) is 2.83. The number of rotatable bonds is 7. The Bertz CT molecular complexity index is 511. The monoisotopic (exact) mass is 374 g/mol. The summed E-state index contributed by atoms with van der Waals surface area (Å²) in [7, 11) is 1.31. The molecule has 0 saturated heterocycles. The van der Waals surface area contributed by atoms with Crippen molar-refractivity contribution < 1.29 is 14.3 Å². The first-order valence-corrected chi connectivity index (χ1v) is 8.36. The zero-order valence-corrected chi connectivity index (χ0v) is 14.4. The molecule has 5 nitrogen and oxygen atoms in total. The van der Waals surface area contributed by atoms with Crippen molar-refractivity contribution in [3.05, 3.63) is 28.2 Å². The zero-order valence-electron chi connectivity index (χ0n) is 12.0. The molecule has 1 unspecified atom stereocenters. The van der Waals surface area contributed by atoms with E-state index in [0.717, 1.165) is 15.7 Å². The van der Waals surface area contributed by atoms with Crippen molar-refractivity contribution in [2.45, 2.75) is 19.4 Å². The summed E-state index contributed by atoms with van der Waals surface area (Å²) in [6.07, 6.45) is 0.488. The van der Waals surface area contributed by atoms with Gasteiger partial charge < -0.3 is 15.8 Å².